The molecule has 0 aromatic rings. The molecule has 310 valence electrons. The average Bonchev–Trinajstić information content (AvgIpc) is 3.15. The lowest BCUT2D eigenvalue weighted by atomic mass is 10.0. The van der Waals surface area contributed by atoms with E-state index >= 15 is 0 Å². The van der Waals surface area contributed by atoms with Crippen LogP contribution in [0.1, 0.15) is 264 Å². The molecule has 0 amide bonds. The number of unbranched alkanes of at least 4 members (excludes halogenated alkanes) is 35. The fraction of sp³-hybridized carbons (Fsp3) is 0.938. The Hall–Kier alpha value is -0.870. The Labute approximate surface area is 326 Å². The van der Waals surface area contributed by atoms with Crippen molar-refractivity contribution in [1.82, 2.24) is 0 Å². The molecule has 1 N–H and O–H groups in total. The van der Waals surface area contributed by atoms with Crippen molar-refractivity contribution in [1.29, 1.82) is 0 Å². The molecule has 0 bridgehead atoms. The molecule has 0 fully saturated rings. The highest BCUT2D eigenvalue weighted by Gasteiger charge is 2.13. The van der Waals surface area contributed by atoms with Crippen molar-refractivity contribution in [3.63, 3.8) is 0 Å². The molecule has 1 atom stereocenters. The summed E-state index contributed by atoms with van der Waals surface area (Å²) < 4.78 is 11.2. The summed E-state index contributed by atoms with van der Waals surface area (Å²) in [6, 6.07) is 0. The van der Waals surface area contributed by atoms with E-state index in [9.17, 15) is 9.90 Å². The fourth-order valence-electron chi connectivity index (χ4n) is 7.27. The van der Waals surface area contributed by atoms with Crippen molar-refractivity contribution in [3.05, 3.63) is 12.2 Å². The van der Waals surface area contributed by atoms with Crippen LogP contribution in [0, 0.1) is 0 Å². The molecule has 0 aliphatic rings. The second-order valence-electron chi connectivity index (χ2n) is 16.2. The standard InChI is InChI=1S/C48H94O4/c1-3-5-7-9-11-13-15-17-19-20-21-22-23-24-25-26-27-28-29-30-32-34-36-38-40-42-44-51-46-47(45-49)52-48(50)43-41-39-37-35-33-31-18-16-14-12-10-8-6-4-2/h16,18,47,49H,3-15,17,19-46H2,1-2H3/b18-16-. The number of carbonyl (C=O) groups excluding carboxylic acids is 1. The van der Waals surface area contributed by atoms with E-state index in [-0.39, 0.29) is 12.6 Å². The van der Waals surface area contributed by atoms with Gasteiger partial charge in [0, 0.05) is 13.0 Å². The lowest BCUT2D eigenvalue weighted by molar-refractivity contribution is -0.154. The van der Waals surface area contributed by atoms with Crippen molar-refractivity contribution in [2.24, 2.45) is 0 Å². The second-order valence-corrected chi connectivity index (χ2v) is 16.2. The molecule has 0 aliphatic heterocycles. The van der Waals surface area contributed by atoms with E-state index in [1.54, 1.807) is 0 Å². The summed E-state index contributed by atoms with van der Waals surface area (Å²) in [4.78, 5) is 12.2. The van der Waals surface area contributed by atoms with Crippen LogP contribution in [0.4, 0.5) is 0 Å². The van der Waals surface area contributed by atoms with Gasteiger partial charge in [0.1, 0.15) is 6.10 Å². The van der Waals surface area contributed by atoms with Gasteiger partial charge in [0.05, 0.1) is 13.2 Å². The van der Waals surface area contributed by atoms with E-state index in [0.29, 0.717) is 19.6 Å². The van der Waals surface area contributed by atoms with Gasteiger partial charge in [0.15, 0.2) is 0 Å². The molecule has 0 heterocycles. The molecule has 4 nitrogen and oxygen atoms in total. The maximum Gasteiger partial charge on any atom is 0.306 e. The van der Waals surface area contributed by atoms with Gasteiger partial charge in [-0.25, -0.2) is 0 Å². The first-order valence-corrected chi connectivity index (χ1v) is 23.8. The summed E-state index contributed by atoms with van der Waals surface area (Å²) in [6.07, 6.45) is 55.9. The zero-order chi connectivity index (χ0) is 37.7. The Morgan fingerprint density at radius 3 is 1.10 bits per heavy atom. The highest BCUT2D eigenvalue weighted by molar-refractivity contribution is 5.69. The minimum Gasteiger partial charge on any atom is -0.457 e. The van der Waals surface area contributed by atoms with Gasteiger partial charge in [-0.1, -0.05) is 231 Å². The van der Waals surface area contributed by atoms with Gasteiger partial charge in [-0.05, 0) is 38.5 Å². The molecule has 0 aromatic heterocycles. The maximum atomic E-state index is 12.2. The fourth-order valence-corrected chi connectivity index (χ4v) is 7.27. The largest absolute Gasteiger partial charge is 0.457 e. The minimum atomic E-state index is -0.532. The van der Waals surface area contributed by atoms with Crippen molar-refractivity contribution < 1.29 is 19.4 Å². The van der Waals surface area contributed by atoms with E-state index in [4.69, 9.17) is 9.47 Å². The van der Waals surface area contributed by atoms with E-state index in [0.717, 1.165) is 19.3 Å². The lowest BCUT2D eigenvalue weighted by Gasteiger charge is -2.15. The number of rotatable bonds is 45. The monoisotopic (exact) mass is 735 g/mol. The van der Waals surface area contributed by atoms with Crippen LogP contribution in [0.2, 0.25) is 0 Å². The third-order valence-electron chi connectivity index (χ3n) is 10.8. The van der Waals surface area contributed by atoms with Gasteiger partial charge in [-0.15, -0.1) is 0 Å². The third-order valence-corrected chi connectivity index (χ3v) is 10.8. The number of aliphatic hydroxyl groups excluding tert-OH is 1. The molecule has 0 rings (SSSR count). The summed E-state index contributed by atoms with van der Waals surface area (Å²) in [6.45, 7) is 5.38. The van der Waals surface area contributed by atoms with Crippen molar-refractivity contribution in [3.8, 4) is 0 Å². The normalized spacial score (nSPS) is 12.3. The topological polar surface area (TPSA) is 55.8 Å². The van der Waals surface area contributed by atoms with E-state index in [1.165, 1.54) is 225 Å². The summed E-state index contributed by atoms with van der Waals surface area (Å²) in [7, 11) is 0. The van der Waals surface area contributed by atoms with Crippen LogP contribution in [0.25, 0.3) is 0 Å². The summed E-state index contributed by atoms with van der Waals surface area (Å²) in [5, 5.41) is 9.61. The molecule has 0 spiro atoms. The predicted octanol–water partition coefficient (Wildman–Crippen LogP) is 15.7. The smallest absolute Gasteiger partial charge is 0.306 e. The SMILES string of the molecule is CCCCCCC/C=C\CCCCCCCC(=O)OC(CO)COCCCCCCCCCCCCCCCCCCCCCCCCCCCC. The van der Waals surface area contributed by atoms with Gasteiger partial charge in [0.2, 0.25) is 0 Å². The first-order valence-electron chi connectivity index (χ1n) is 23.8. The van der Waals surface area contributed by atoms with Crippen molar-refractivity contribution >= 4 is 5.97 Å². The maximum absolute atomic E-state index is 12.2. The third kappa shape index (κ3) is 43.5. The molecule has 1 unspecified atom stereocenters. The number of ether oxygens (including phenoxy) is 2. The highest BCUT2D eigenvalue weighted by Crippen LogP contribution is 2.16. The van der Waals surface area contributed by atoms with Crippen LogP contribution < -0.4 is 0 Å². The number of hydrogen-bond donors (Lipinski definition) is 1. The number of carbonyl (C=O) groups is 1. The van der Waals surface area contributed by atoms with Crippen LogP contribution in [-0.4, -0.2) is 37.0 Å². The number of aliphatic hydroxyl groups is 1. The summed E-state index contributed by atoms with van der Waals surface area (Å²) >= 11 is 0. The molecule has 4 heteroatoms. The average molecular weight is 735 g/mol. The Kier molecular flexibility index (Phi) is 45.5. The van der Waals surface area contributed by atoms with Crippen LogP contribution in [-0.2, 0) is 14.3 Å². The number of allylic oxidation sites excluding steroid dienone is 2. The minimum absolute atomic E-state index is 0.169. The highest BCUT2D eigenvalue weighted by atomic mass is 16.6. The van der Waals surface area contributed by atoms with Gasteiger partial charge in [-0.3, -0.25) is 4.79 Å². The Morgan fingerprint density at radius 1 is 0.442 bits per heavy atom. The predicted molar refractivity (Wildman–Crippen MR) is 228 cm³/mol. The molecule has 52 heavy (non-hydrogen) atoms. The van der Waals surface area contributed by atoms with Gasteiger partial charge in [-0.2, -0.15) is 0 Å². The molecule has 0 aromatic carbocycles. The first kappa shape index (κ1) is 51.1. The first-order chi connectivity index (χ1) is 25.7. The Morgan fingerprint density at radius 2 is 0.750 bits per heavy atom. The summed E-state index contributed by atoms with van der Waals surface area (Å²) in [5.41, 5.74) is 0. The summed E-state index contributed by atoms with van der Waals surface area (Å²) in [5.74, 6) is -0.204. The van der Waals surface area contributed by atoms with Gasteiger partial charge < -0.3 is 14.6 Å². The number of hydrogen-bond acceptors (Lipinski definition) is 4. The van der Waals surface area contributed by atoms with E-state index < -0.39 is 6.10 Å². The van der Waals surface area contributed by atoms with E-state index in [2.05, 4.69) is 26.0 Å². The molecule has 0 saturated heterocycles. The van der Waals surface area contributed by atoms with Crippen LogP contribution >= 0.6 is 0 Å². The van der Waals surface area contributed by atoms with E-state index in [1.807, 2.05) is 0 Å². The van der Waals surface area contributed by atoms with Crippen LogP contribution in [0.5, 0.6) is 0 Å². The molecule has 0 aliphatic carbocycles. The quantitative estimate of drug-likeness (QED) is 0.0384. The van der Waals surface area contributed by atoms with Crippen molar-refractivity contribution in [2.45, 2.75) is 270 Å². The van der Waals surface area contributed by atoms with Crippen LogP contribution in [0.15, 0.2) is 12.2 Å². The van der Waals surface area contributed by atoms with Crippen molar-refractivity contribution in [2.75, 3.05) is 19.8 Å². The molecular weight excluding hydrogens is 641 g/mol. The number of esters is 1. The zero-order valence-corrected chi connectivity index (χ0v) is 35.6. The van der Waals surface area contributed by atoms with Crippen LogP contribution in [0.3, 0.4) is 0 Å². The van der Waals surface area contributed by atoms with Gasteiger partial charge in [0.25, 0.3) is 0 Å². The second kappa shape index (κ2) is 46.3. The zero-order valence-electron chi connectivity index (χ0n) is 35.6. The lowest BCUT2D eigenvalue weighted by Crippen LogP contribution is -2.27. The molecular formula is C48H94O4. The van der Waals surface area contributed by atoms with Gasteiger partial charge >= 0.3 is 5.97 Å². The Balaban J connectivity index is 3.32. The Bertz CT molecular complexity index is 692. The molecule has 0 saturated carbocycles. The molecule has 0 radical (unpaired) electrons.